The second-order valence-corrected chi connectivity index (χ2v) is 8.50. The van der Waals surface area contributed by atoms with Gasteiger partial charge in [0.15, 0.2) is 0 Å². The lowest BCUT2D eigenvalue weighted by molar-refractivity contribution is -0.137. The number of amides is 3. The van der Waals surface area contributed by atoms with Crippen LogP contribution in [-0.4, -0.2) is 25.0 Å². The van der Waals surface area contributed by atoms with Crippen molar-refractivity contribution in [1.82, 2.24) is 5.32 Å². The Bertz CT molecular complexity index is 1220. The van der Waals surface area contributed by atoms with Crippen LogP contribution in [0.2, 0.25) is 10.0 Å². The maximum absolute atomic E-state index is 13.3. The van der Waals surface area contributed by atoms with Crippen molar-refractivity contribution in [1.29, 1.82) is 0 Å². The Hall–Kier alpha value is -3.23. The summed E-state index contributed by atoms with van der Waals surface area (Å²) >= 11 is 11.8. The number of hydrogen-bond acceptors (Lipinski definition) is 2. The molecule has 35 heavy (non-hydrogen) atoms. The van der Waals surface area contributed by atoms with Crippen molar-refractivity contribution < 1.29 is 22.8 Å². The minimum absolute atomic E-state index is 0.0849. The average Bonchev–Trinajstić information content (AvgIpc) is 2.81. The molecule has 0 atom stereocenters. The Morgan fingerprint density at radius 2 is 1.69 bits per heavy atom. The molecule has 0 aromatic heterocycles. The second-order valence-electron chi connectivity index (χ2n) is 7.68. The highest BCUT2D eigenvalue weighted by molar-refractivity contribution is 6.42. The van der Waals surface area contributed by atoms with Crippen LogP contribution < -0.4 is 15.5 Å². The van der Waals surface area contributed by atoms with Crippen LogP contribution in [-0.2, 0) is 6.18 Å². The Kier molecular flexibility index (Phi) is 8.64. The molecule has 2 N–H and O–H groups in total. The molecule has 0 fully saturated rings. The number of nitrogens with one attached hydrogen (secondary N) is 2. The summed E-state index contributed by atoms with van der Waals surface area (Å²) < 4.78 is 39.8. The van der Waals surface area contributed by atoms with E-state index < -0.39 is 23.7 Å². The number of hydrogen-bond donors (Lipinski definition) is 2. The van der Waals surface area contributed by atoms with Gasteiger partial charge in [0.1, 0.15) is 0 Å². The van der Waals surface area contributed by atoms with Gasteiger partial charge in [-0.1, -0.05) is 47.5 Å². The number of carbonyl (C=O) groups is 2. The molecule has 0 unspecified atom stereocenters. The number of anilines is 2. The van der Waals surface area contributed by atoms with E-state index >= 15 is 0 Å². The Morgan fingerprint density at radius 1 is 0.943 bits per heavy atom. The predicted molar refractivity (Wildman–Crippen MR) is 132 cm³/mol. The fourth-order valence-corrected chi connectivity index (χ4v) is 3.64. The van der Waals surface area contributed by atoms with Gasteiger partial charge < -0.3 is 15.5 Å². The summed E-state index contributed by atoms with van der Waals surface area (Å²) in [5.74, 6) is -0.428. The van der Waals surface area contributed by atoms with Crippen molar-refractivity contribution in [2.75, 3.05) is 23.3 Å². The van der Waals surface area contributed by atoms with E-state index in [-0.39, 0.29) is 23.8 Å². The lowest BCUT2D eigenvalue weighted by atomic mass is 10.1. The second kappa shape index (κ2) is 11.5. The van der Waals surface area contributed by atoms with E-state index in [2.05, 4.69) is 10.6 Å². The van der Waals surface area contributed by atoms with Gasteiger partial charge in [-0.2, -0.15) is 13.2 Å². The topological polar surface area (TPSA) is 61.4 Å². The molecule has 3 aromatic carbocycles. The van der Waals surface area contributed by atoms with Crippen molar-refractivity contribution >= 4 is 46.5 Å². The van der Waals surface area contributed by atoms with Crippen molar-refractivity contribution in [2.24, 2.45) is 0 Å². The molecular weight excluding hydrogens is 502 g/mol. The van der Waals surface area contributed by atoms with E-state index in [9.17, 15) is 22.8 Å². The molecule has 0 saturated carbocycles. The first kappa shape index (κ1) is 26.4. The monoisotopic (exact) mass is 523 g/mol. The molecule has 3 rings (SSSR count). The fraction of sp³-hybridized carbons (Fsp3) is 0.200. The van der Waals surface area contributed by atoms with Crippen LogP contribution in [0.25, 0.3) is 0 Å². The van der Waals surface area contributed by atoms with Gasteiger partial charge in [0.2, 0.25) is 0 Å². The molecular formula is C25H22Cl2F3N3O2. The van der Waals surface area contributed by atoms with Gasteiger partial charge in [0, 0.05) is 30.0 Å². The minimum Gasteiger partial charge on any atom is -0.338 e. The summed E-state index contributed by atoms with van der Waals surface area (Å²) in [6.45, 7) is 2.01. The van der Waals surface area contributed by atoms with Crippen LogP contribution in [0.4, 0.5) is 29.3 Å². The average molecular weight is 524 g/mol. The third-order valence-electron chi connectivity index (χ3n) is 5.13. The molecule has 3 amide bonds. The van der Waals surface area contributed by atoms with Crippen LogP contribution >= 0.6 is 23.2 Å². The molecule has 0 spiro atoms. The van der Waals surface area contributed by atoms with E-state index in [1.807, 2.05) is 0 Å². The highest BCUT2D eigenvalue weighted by atomic mass is 35.5. The number of urea groups is 1. The van der Waals surface area contributed by atoms with E-state index in [4.69, 9.17) is 23.2 Å². The molecule has 184 valence electrons. The molecule has 0 radical (unpaired) electrons. The molecule has 0 bridgehead atoms. The van der Waals surface area contributed by atoms with Gasteiger partial charge in [-0.25, -0.2) is 4.79 Å². The van der Waals surface area contributed by atoms with Gasteiger partial charge in [-0.3, -0.25) is 4.79 Å². The first-order chi connectivity index (χ1) is 16.6. The minimum atomic E-state index is -4.54. The molecule has 0 aliphatic carbocycles. The summed E-state index contributed by atoms with van der Waals surface area (Å²) in [7, 11) is 0. The van der Waals surface area contributed by atoms with Crippen molar-refractivity contribution in [3.05, 3.63) is 93.5 Å². The Labute approximate surface area is 210 Å². The Balaban J connectivity index is 1.70. The summed E-state index contributed by atoms with van der Waals surface area (Å²) in [6, 6.07) is 15.6. The van der Waals surface area contributed by atoms with E-state index in [1.54, 1.807) is 43.3 Å². The van der Waals surface area contributed by atoms with E-state index in [0.29, 0.717) is 28.3 Å². The first-order valence-electron chi connectivity index (χ1n) is 10.6. The summed E-state index contributed by atoms with van der Waals surface area (Å²) in [6.07, 6.45) is -4.25. The van der Waals surface area contributed by atoms with Crippen LogP contribution in [0.1, 0.15) is 27.9 Å². The Morgan fingerprint density at radius 3 is 2.37 bits per heavy atom. The fourth-order valence-electron chi connectivity index (χ4n) is 3.34. The largest absolute Gasteiger partial charge is 0.416 e. The quantitative estimate of drug-likeness (QED) is 0.322. The molecule has 0 aliphatic rings. The zero-order valence-electron chi connectivity index (χ0n) is 18.6. The van der Waals surface area contributed by atoms with E-state index in [0.717, 1.165) is 12.1 Å². The first-order valence-corrected chi connectivity index (χ1v) is 11.4. The van der Waals surface area contributed by atoms with Gasteiger partial charge in [0.05, 0.1) is 15.6 Å². The zero-order valence-corrected chi connectivity index (χ0v) is 20.1. The third kappa shape index (κ3) is 7.13. The summed E-state index contributed by atoms with van der Waals surface area (Å²) in [5.41, 5.74) is 0.797. The van der Waals surface area contributed by atoms with Crippen LogP contribution in [0, 0.1) is 6.92 Å². The van der Waals surface area contributed by atoms with Gasteiger partial charge in [-0.15, -0.1) is 0 Å². The highest BCUT2D eigenvalue weighted by Crippen LogP contribution is 2.32. The number of carbonyl (C=O) groups excluding carboxylic acids is 2. The number of alkyl halides is 3. The predicted octanol–water partition coefficient (Wildman–Crippen LogP) is 7.18. The number of halogens is 5. The number of benzene rings is 3. The van der Waals surface area contributed by atoms with Crippen molar-refractivity contribution in [3.8, 4) is 0 Å². The van der Waals surface area contributed by atoms with Gasteiger partial charge in [0.25, 0.3) is 5.91 Å². The molecule has 0 saturated heterocycles. The number of aryl methyl sites for hydroxylation is 1. The van der Waals surface area contributed by atoms with Crippen LogP contribution in [0.3, 0.4) is 0 Å². The molecule has 0 aliphatic heterocycles. The summed E-state index contributed by atoms with van der Waals surface area (Å²) in [5, 5.41) is 5.91. The van der Waals surface area contributed by atoms with Crippen molar-refractivity contribution in [2.45, 2.75) is 19.5 Å². The maximum atomic E-state index is 13.3. The third-order valence-corrected chi connectivity index (χ3v) is 5.87. The van der Waals surface area contributed by atoms with Crippen LogP contribution in [0.5, 0.6) is 0 Å². The van der Waals surface area contributed by atoms with Gasteiger partial charge >= 0.3 is 12.2 Å². The highest BCUT2D eigenvalue weighted by Gasteiger charge is 2.31. The number of rotatable bonds is 7. The van der Waals surface area contributed by atoms with Crippen molar-refractivity contribution in [3.63, 3.8) is 0 Å². The standard InChI is InChI=1S/C25H22Cl2F3N3O2/c1-16-6-2-3-9-20(16)23(34)33(19-8-4-7-17(14-19)25(28,29)30)13-5-12-31-24(35)32-18-10-11-21(26)22(27)15-18/h2-4,6-11,14-15H,5,12-13H2,1H3,(H2,31,32,35). The summed E-state index contributed by atoms with van der Waals surface area (Å²) in [4.78, 5) is 26.7. The smallest absolute Gasteiger partial charge is 0.338 e. The molecule has 10 heteroatoms. The zero-order chi connectivity index (χ0) is 25.6. The molecule has 5 nitrogen and oxygen atoms in total. The van der Waals surface area contributed by atoms with Crippen LogP contribution in [0.15, 0.2) is 66.7 Å². The van der Waals surface area contributed by atoms with Gasteiger partial charge in [-0.05, 0) is 61.4 Å². The SMILES string of the molecule is Cc1ccccc1C(=O)N(CCCNC(=O)Nc1ccc(Cl)c(Cl)c1)c1cccc(C(F)(F)F)c1. The molecule has 3 aromatic rings. The normalized spacial score (nSPS) is 11.1. The van der Waals surface area contributed by atoms with E-state index in [1.165, 1.54) is 23.1 Å². The molecule has 0 heterocycles. The lowest BCUT2D eigenvalue weighted by Crippen LogP contribution is -2.36. The number of nitrogens with zero attached hydrogens (tertiary/aromatic N) is 1. The maximum Gasteiger partial charge on any atom is 0.416 e. The lowest BCUT2D eigenvalue weighted by Gasteiger charge is -2.25.